The number of nitrogens with zero attached hydrogens (tertiary/aromatic N) is 1. The quantitative estimate of drug-likeness (QED) is 0.880. The van der Waals surface area contributed by atoms with Gasteiger partial charge < -0.3 is 10.2 Å². The summed E-state index contributed by atoms with van der Waals surface area (Å²) in [6.07, 6.45) is 5.36. The summed E-state index contributed by atoms with van der Waals surface area (Å²) in [5, 5.41) is 3.58. The normalized spacial score (nSPS) is 26.9. The molecule has 1 saturated heterocycles. The summed E-state index contributed by atoms with van der Waals surface area (Å²) in [6, 6.07) is 8.31. The van der Waals surface area contributed by atoms with Crippen molar-refractivity contribution in [3.05, 3.63) is 28.2 Å². The Hall–Kier alpha value is -0.540. The number of hydrogen-bond donors (Lipinski definition) is 1. The Morgan fingerprint density at radius 1 is 1.20 bits per heavy atom. The van der Waals surface area contributed by atoms with E-state index in [0.29, 0.717) is 6.04 Å². The molecule has 2 unspecified atom stereocenters. The number of halogens is 1. The van der Waals surface area contributed by atoms with Crippen molar-refractivity contribution in [2.24, 2.45) is 5.92 Å². The Morgan fingerprint density at radius 2 is 2.00 bits per heavy atom. The number of hydrogen-bond acceptors (Lipinski definition) is 2. The van der Waals surface area contributed by atoms with E-state index in [1.807, 2.05) is 0 Å². The highest BCUT2D eigenvalue weighted by atomic mass is 79.9. The number of rotatable bonds is 4. The Labute approximate surface area is 131 Å². The molecule has 0 aromatic heterocycles. The van der Waals surface area contributed by atoms with Crippen LogP contribution < -0.4 is 10.2 Å². The smallest absolute Gasteiger partial charge is 0.0380 e. The van der Waals surface area contributed by atoms with E-state index in [-0.39, 0.29) is 0 Å². The van der Waals surface area contributed by atoms with Crippen molar-refractivity contribution in [2.75, 3.05) is 11.4 Å². The lowest BCUT2D eigenvalue weighted by molar-refractivity contribution is 0.390. The van der Waals surface area contributed by atoms with Crippen LogP contribution in [-0.4, -0.2) is 18.6 Å². The summed E-state index contributed by atoms with van der Waals surface area (Å²) in [4.78, 5) is 2.57. The second-order valence-corrected chi connectivity index (χ2v) is 7.47. The molecule has 2 fully saturated rings. The maximum Gasteiger partial charge on any atom is 0.0380 e. The second kappa shape index (κ2) is 6.07. The molecule has 20 heavy (non-hydrogen) atoms. The number of nitrogens with one attached hydrogen (secondary N) is 1. The van der Waals surface area contributed by atoms with Crippen molar-refractivity contribution in [3.63, 3.8) is 0 Å². The first kappa shape index (κ1) is 14.4. The lowest BCUT2D eigenvalue weighted by Crippen LogP contribution is -2.41. The molecule has 2 aliphatic rings. The van der Waals surface area contributed by atoms with Gasteiger partial charge in [-0.25, -0.2) is 0 Å². The van der Waals surface area contributed by atoms with Gasteiger partial charge in [0.1, 0.15) is 0 Å². The molecule has 1 saturated carbocycles. The minimum absolute atomic E-state index is 0.661. The molecule has 2 atom stereocenters. The molecule has 0 radical (unpaired) electrons. The molecule has 0 spiro atoms. The third-order valence-electron chi connectivity index (χ3n) is 4.64. The molecule has 1 aromatic carbocycles. The van der Waals surface area contributed by atoms with Gasteiger partial charge in [0, 0.05) is 35.3 Å². The van der Waals surface area contributed by atoms with Crippen LogP contribution in [-0.2, 0) is 6.54 Å². The predicted octanol–water partition coefficient (Wildman–Crippen LogP) is 4.33. The van der Waals surface area contributed by atoms with E-state index >= 15 is 0 Å². The zero-order valence-corrected chi connectivity index (χ0v) is 14.1. The third kappa shape index (κ3) is 3.37. The minimum Gasteiger partial charge on any atom is -0.369 e. The molecule has 1 aliphatic heterocycles. The van der Waals surface area contributed by atoms with Crippen LogP contribution >= 0.6 is 15.9 Å². The molecule has 1 aromatic rings. The Bertz CT molecular complexity index is 470. The van der Waals surface area contributed by atoms with Crippen LogP contribution in [0.4, 0.5) is 5.69 Å². The van der Waals surface area contributed by atoms with Gasteiger partial charge in [-0.1, -0.05) is 28.9 Å². The first-order valence-corrected chi connectivity index (χ1v) is 8.71. The fraction of sp³-hybridized carbons (Fsp3) is 0.647. The van der Waals surface area contributed by atoms with Gasteiger partial charge in [-0.3, -0.25) is 0 Å². The molecule has 1 heterocycles. The van der Waals surface area contributed by atoms with Crippen molar-refractivity contribution < 1.29 is 0 Å². The molecule has 110 valence electrons. The van der Waals surface area contributed by atoms with Crippen molar-refractivity contribution in [2.45, 2.75) is 58.2 Å². The van der Waals surface area contributed by atoms with Gasteiger partial charge in [-0.05, 0) is 56.2 Å². The molecular formula is C17H25BrN2. The fourth-order valence-electron chi connectivity index (χ4n) is 3.05. The van der Waals surface area contributed by atoms with Crippen LogP contribution in [0.25, 0.3) is 0 Å². The van der Waals surface area contributed by atoms with Crippen molar-refractivity contribution in [1.82, 2.24) is 5.32 Å². The molecule has 3 rings (SSSR count). The van der Waals surface area contributed by atoms with Crippen LogP contribution in [0.5, 0.6) is 0 Å². The predicted molar refractivity (Wildman–Crippen MR) is 89.2 cm³/mol. The summed E-state index contributed by atoms with van der Waals surface area (Å²) in [7, 11) is 0. The van der Waals surface area contributed by atoms with E-state index in [0.717, 1.165) is 18.5 Å². The molecule has 2 nitrogen and oxygen atoms in total. The van der Waals surface area contributed by atoms with Crippen LogP contribution in [0.15, 0.2) is 22.7 Å². The topological polar surface area (TPSA) is 15.3 Å². The zero-order chi connectivity index (χ0) is 14.1. The average molecular weight is 337 g/mol. The van der Waals surface area contributed by atoms with Gasteiger partial charge in [0.25, 0.3) is 0 Å². The van der Waals surface area contributed by atoms with Gasteiger partial charge in [0.05, 0.1) is 0 Å². The van der Waals surface area contributed by atoms with Crippen molar-refractivity contribution in [1.29, 1.82) is 0 Å². The van der Waals surface area contributed by atoms with E-state index in [1.165, 1.54) is 48.0 Å². The largest absolute Gasteiger partial charge is 0.369 e. The standard InChI is InChI=1S/C17H25BrN2/c1-12-3-4-13(2)20(11-12)16-8-5-14(17(18)9-16)10-19-15-6-7-15/h5,8-9,12-13,15,19H,3-4,6-7,10-11H2,1-2H3. The first-order valence-electron chi connectivity index (χ1n) is 7.92. The van der Waals surface area contributed by atoms with Gasteiger partial charge in [-0.2, -0.15) is 0 Å². The highest BCUT2D eigenvalue weighted by Crippen LogP contribution is 2.31. The van der Waals surface area contributed by atoms with Crippen molar-refractivity contribution in [3.8, 4) is 0 Å². The monoisotopic (exact) mass is 336 g/mol. The Morgan fingerprint density at radius 3 is 2.70 bits per heavy atom. The summed E-state index contributed by atoms with van der Waals surface area (Å²) in [5.74, 6) is 0.807. The highest BCUT2D eigenvalue weighted by Gasteiger charge is 2.24. The van der Waals surface area contributed by atoms with Crippen LogP contribution in [0.1, 0.15) is 45.1 Å². The van der Waals surface area contributed by atoms with Crippen LogP contribution in [0.3, 0.4) is 0 Å². The molecule has 1 N–H and O–H groups in total. The molecular weight excluding hydrogens is 312 g/mol. The summed E-state index contributed by atoms with van der Waals surface area (Å²) >= 11 is 3.75. The van der Waals surface area contributed by atoms with Crippen LogP contribution in [0, 0.1) is 5.92 Å². The molecule has 0 bridgehead atoms. The fourth-order valence-corrected chi connectivity index (χ4v) is 3.56. The molecule has 1 aliphatic carbocycles. The van der Waals surface area contributed by atoms with Crippen LogP contribution in [0.2, 0.25) is 0 Å². The first-order chi connectivity index (χ1) is 9.63. The van der Waals surface area contributed by atoms with E-state index in [2.05, 4.69) is 58.2 Å². The lowest BCUT2D eigenvalue weighted by Gasteiger charge is -2.38. The van der Waals surface area contributed by atoms with E-state index in [1.54, 1.807) is 0 Å². The number of anilines is 1. The second-order valence-electron chi connectivity index (χ2n) is 6.61. The van der Waals surface area contributed by atoms with E-state index in [4.69, 9.17) is 0 Å². The van der Waals surface area contributed by atoms with Gasteiger partial charge in [-0.15, -0.1) is 0 Å². The summed E-state index contributed by atoms with van der Waals surface area (Å²) in [5.41, 5.74) is 2.74. The van der Waals surface area contributed by atoms with E-state index < -0.39 is 0 Å². The number of benzene rings is 1. The maximum absolute atomic E-state index is 3.75. The minimum atomic E-state index is 0.661. The highest BCUT2D eigenvalue weighted by molar-refractivity contribution is 9.10. The zero-order valence-electron chi connectivity index (χ0n) is 12.5. The van der Waals surface area contributed by atoms with Gasteiger partial charge >= 0.3 is 0 Å². The maximum atomic E-state index is 3.75. The molecule has 3 heteroatoms. The Balaban J connectivity index is 1.71. The summed E-state index contributed by atoms with van der Waals surface area (Å²) < 4.78 is 1.24. The average Bonchev–Trinajstić information content (AvgIpc) is 3.24. The lowest BCUT2D eigenvalue weighted by atomic mass is 9.94. The summed E-state index contributed by atoms with van der Waals surface area (Å²) in [6.45, 7) is 6.88. The van der Waals surface area contributed by atoms with Gasteiger partial charge in [0.2, 0.25) is 0 Å². The van der Waals surface area contributed by atoms with E-state index in [9.17, 15) is 0 Å². The number of piperidine rings is 1. The van der Waals surface area contributed by atoms with Gasteiger partial charge in [0.15, 0.2) is 0 Å². The molecule has 0 amide bonds. The Kier molecular flexibility index (Phi) is 4.37. The van der Waals surface area contributed by atoms with Crippen molar-refractivity contribution >= 4 is 21.6 Å². The third-order valence-corrected chi connectivity index (χ3v) is 5.38. The SMILES string of the molecule is CC1CCC(C)N(c2ccc(CNC3CC3)c(Br)c2)C1.